The third-order valence-electron chi connectivity index (χ3n) is 3.01. The van der Waals surface area contributed by atoms with Gasteiger partial charge in [-0.25, -0.2) is 18.7 Å². The number of halogens is 2. The second-order valence-electron chi connectivity index (χ2n) is 4.52. The Kier molecular flexibility index (Phi) is 5.12. The quantitative estimate of drug-likeness (QED) is 0.882. The lowest BCUT2D eigenvalue weighted by Crippen LogP contribution is -2.26. The number of rotatable bonds is 6. The molecule has 5 heteroatoms. The van der Waals surface area contributed by atoms with Gasteiger partial charge in [0.15, 0.2) is 0 Å². The fourth-order valence-corrected chi connectivity index (χ4v) is 2.00. The molecule has 0 aliphatic rings. The van der Waals surface area contributed by atoms with Crippen LogP contribution in [0.5, 0.6) is 0 Å². The average molecular weight is 277 g/mol. The van der Waals surface area contributed by atoms with Gasteiger partial charge in [0.1, 0.15) is 17.5 Å². The molecule has 0 bridgehead atoms. The maximum absolute atomic E-state index is 13.7. The highest BCUT2D eigenvalue weighted by molar-refractivity contribution is 5.21. The zero-order chi connectivity index (χ0) is 14.4. The summed E-state index contributed by atoms with van der Waals surface area (Å²) < 4.78 is 27.5. The van der Waals surface area contributed by atoms with E-state index in [1.165, 1.54) is 18.2 Å². The molecule has 1 aromatic carbocycles. The lowest BCUT2D eigenvalue weighted by atomic mass is 10.0. The molecule has 106 valence electrons. The molecule has 2 aromatic rings. The Hall–Kier alpha value is -1.88. The van der Waals surface area contributed by atoms with Crippen molar-refractivity contribution in [2.24, 2.45) is 0 Å². The molecule has 0 saturated heterocycles. The van der Waals surface area contributed by atoms with Crippen LogP contribution in [0.1, 0.15) is 30.8 Å². The molecule has 0 spiro atoms. The van der Waals surface area contributed by atoms with Gasteiger partial charge in [-0.2, -0.15) is 0 Å². The maximum atomic E-state index is 13.7. The zero-order valence-corrected chi connectivity index (χ0v) is 11.3. The van der Waals surface area contributed by atoms with Crippen LogP contribution in [0.4, 0.5) is 8.78 Å². The molecule has 20 heavy (non-hydrogen) atoms. The van der Waals surface area contributed by atoms with E-state index in [0.29, 0.717) is 5.82 Å². The molecule has 0 radical (unpaired) electrons. The molecule has 0 fully saturated rings. The van der Waals surface area contributed by atoms with Crippen molar-refractivity contribution in [2.45, 2.75) is 25.8 Å². The molecule has 0 aliphatic carbocycles. The fourth-order valence-electron chi connectivity index (χ4n) is 2.00. The molecule has 0 saturated carbocycles. The highest BCUT2D eigenvalue weighted by Crippen LogP contribution is 2.20. The second kappa shape index (κ2) is 7.05. The van der Waals surface area contributed by atoms with Gasteiger partial charge in [-0.05, 0) is 31.2 Å². The first-order valence-electron chi connectivity index (χ1n) is 6.65. The Balaban J connectivity index is 2.24. The predicted molar refractivity (Wildman–Crippen MR) is 73.1 cm³/mol. The lowest BCUT2D eigenvalue weighted by Gasteiger charge is -2.17. The SMILES string of the molecule is CCCNC(Cc1c(F)cccc1F)c1ncccn1. The number of benzene rings is 1. The van der Waals surface area contributed by atoms with E-state index in [-0.39, 0.29) is 18.0 Å². The topological polar surface area (TPSA) is 37.8 Å². The fraction of sp³-hybridized carbons (Fsp3) is 0.333. The Morgan fingerprint density at radius 2 is 1.75 bits per heavy atom. The summed E-state index contributed by atoms with van der Waals surface area (Å²) >= 11 is 0. The van der Waals surface area contributed by atoms with Gasteiger partial charge < -0.3 is 5.32 Å². The van der Waals surface area contributed by atoms with E-state index in [1.54, 1.807) is 18.5 Å². The van der Waals surface area contributed by atoms with Gasteiger partial charge in [0, 0.05) is 24.4 Å². The van der Waals surface area contributed by atoms with Crippen molar-refractivity contribution in [3.8, 4) is 0 Å². The molecule has 0 aliphatic heterocycles. The summed E-state index contributed by atoms with van der Waals surface area (Å²) in [5, 5.41) is 3.23. The van der Waals surface area contributed by atoms with Crippen molar-refractivity contribution in [1.82, 2.24) is 15.3 Å². The summed E-state index contributed by atoms with van der Waals surface area (Å²) in [4.78, 5) is 8.34. The Morgan fingerprint density at radius 1 is 1.10 bits per heavy atom. The first-order valence-corrected chi connectivity index (χ1v) is 6.65. The molecule has 1 unspecified atom stereocenters. The minimum absolute atomic E-state index is 0.0635. The Labute approximate surface area is 117 Å². The Morgan fingerprint density at radius 3 is 2.35 bits per heavy atom. The number of nitrogens with zero attached hydrogens (tertiary/aromatic N) is 2. The van der Waals surface area contributed by atoms with Crippen LogP contribution >= 0.6 is 0 Å². The number of aromatic nitrogens is 2. The zero-order valence-electron chi connectivity index (χ0n) is 11.3. The van der Waals surface area contributed by atoms with Gasteiger partial charge in [-0.15, -0.1) is 0 Å². The second-order valence-corrected chi connectivity index (χ2v) is 4.52. The minimum Gasteiger partial charge on any atom is -0.307 e. The van der Waals surface area contributed by atoms with Crippen molar-refractivity contribution in [3.63, 3.8) is 0 Å². The third kappa shape index (κ3) is 3.57. The molecule has 0 amide bonds. The highest BCUT2D eigenvalue weighted by atomic mass is 19.1. The standard InChI is InChI=1S/C15H17F2N3/c1-2-7-18-14(15-19-8-4-9-20-15)10-11-12(16)5-3-6-13(11)17/h3-6,8-9,14,18H,2,7,10H2,1H3. The van der Waals surface area contributed by atoms with Crippen molar-refractivity contribution in [3.05, 3.63) is 59.7 Å². The van der Waals surface area contributed by atoms with Gasteiger partial charge in [0.2, 0.25) is 0 Å². The summed E-state index contributed by atoms with van der Waals surface area (Å²) in [5.41, 5.74) is 0.0635. The van der Waals surface area contributed by atoms with E-state index < -0.39 is 11.6 Å². The van der Waals surface area contributed by atoms with Crippen LogP contribution in [0.3, 0.4) is 0 Å². The van der Waals surface area contributed by atoms with E-state index in [9.17, 15) is 8.78 Å². The molecule has 1 aromatic heterocycles. The summed E-state index contributed by atoms with van der Waals surface area (Å²) in [6.45, 7) is 2.76. The number of hydrogen-bond acceptors (Lipinski definition) is 3. The van der Waals surface area contributed by atoms with Crippen molar-refractivity contribution in [2.75, 3.05) is 6.54 Å². The van der Waals surface area contributed by atoms with E-state index >= 15 is 0 Å². The summed E-state index contributed by atoms with van der Waals surface area (Å²) in [7, 11) is 0. The van der Waals surface area contributed by atoms with Gasteiger partial charge in [-0.3, -0.25) is 0 Å². The maximum Gasteiger partial charge on any atom is 0.145 e. The lowest BCUT2D eigenvalue weighted by molar-refractivity contribution is 0.474. The van der Waals surface area contributed by atoms with Gasteiger partial charge in [-0.1, -0.05) is 13.0 Å². The van der Waals surface area contributed by atoms with Crippen LogP contribution in [0.2, 0.25) is 0 Å². The Bertz CT molecular complexity index is 526. The first kappa shape index (κ1) is 14.5. The third-order valence-corrected chi connectivity index (χ3v) is 3.01. The van der Waals surface area contributed by atoms with Gasteiger partial charge in [0.05, 0.1) is 6.04 Å². The number of hydrogen-bond donors (Lipinski definition) is 1. The molecule has 3 nitrogen and oxygen atoms in total. The van der Waals surface area contributed by atoms with E-state index in [0.717, 1.165) is 13.0 Å². The van der Waals surface area contributed by atoms with Crippen molar-refractivity contribution >= 4 is 0 Å². The van der Waals surface area contributed by atoms with Crippen LogP contribution in [0, 0.1) is 11.6 Å². The molecule has 1 N–H and O–H groups in total. The first-order chi connectivity index (χ1) is 9.72. The predicted octanol–water partition coefficient (Wildman–Crippen LogP) is 3.04. The summed E-state index contributed by atoms with van der Waals surface area (Å²) in [5.74, 6) is -0.530. The summed E-state index contributed by atoms with van der Waals surface area (Å²) in [6, 6.07) is 5.30. The largest absolute Gasteiger partial charge is 0.307 e. The van der Waals surface area contributed by atoms with E-state index in [4.69, 9.17) is 0 Å². The molecular weight excluding hydrogens is 260 g/mol. The summed E-state index contributed by atoms with van der Waals surface area (Å²) in [6.07, 6.45) is 4.35. The molecule has 1 atom stereocenters. The van der Waals surface area contributed by atoms with Gasteiger partial charge >= 0.3 is 0 Å². The smallest absolute Gasteiger partial charge is 0.145 e. The molecule has 2 rings (SSSR count). The van der Waals surface area contributed by atoms with E-state index in [1.807, 2.05) is 6.92 Å². The van der Waals surface area contributed by atoms with Crippen molar-refractivity contribution in [1.29, 1.82) is 0 Å². The van der Waals surface area contributed by atoms with Crippen LogP contribution in [0.15, 0.2) is 36.7 Å². The van der Waals surface area contributed by atoms with Gasteiger partial charge in [0.25, 0.3) is 0 Å². The average Bonchev–Trinajstić information content (AvgIpc) is 2.47. The van der Waals surface area contributed by atoms with Crippen LogP contribution in [-0.4, -0.2) is 16.5 Å². The van der Waals surface area contributed by atoms with Crippen LogP contribution in [0.25, 0.3) is 0 Å². The minimum atomic E-state index is -0.538. The monoisotopic (exact) mass is 277 g/mol. The van der Waals surface area contributed by atoms with Crippen molar-refractivity contribution < 1.29 is 8.78 Å². The van der Waals surface area contributed by atoms with Crippen LogP contribution < -0.4 is 5.32 Å². The highest BCUT2D eigenvalue weighted by Gasteiger charge is 2.18. The number of nitrogens with one attached hydrogen (secondary N) is 1. The molecule has 1 heterocycles. The molecular formula is C15H17F2N3. The normalized spacial score (nSPS) is 12.3. The van der Waals surface area contributed by atoms with E-state index in [2.05, 4.69) is 15.3 Å². The van der Waals surface area contributed by atoms with Crippen LogP contribution in [-0.2, 0) is 6.42 Å².